The molecule has 0 aliphatic heterocycles. The summed E-state index contributed by atoms with van der Waals surface area (Å²) < 4.78 is 13.6. The van der Waals surface area contributed by atoms with Crippen molar-refractivity contribution in [2.75, 3.05) is 20.8 Å². The summed E-state index contributed by atoms with van der Waals surface area (Å²) in [6, 6.07) is 16.7. The summed E-state index contributed by atoms with van der Waals surface area (Å²) in [7, 11) is 3.20. The normalized spacial score (nSPS) is 10.8. The average Bonchev–Trinajstić information content (AvgIpc) is 3.26. The maximum atomic E-state index is 12.9. The van der Waals surface area contributed by atoms with Gasteiger partial charge in [0.2, 0.25) is 5.91 Å². The lowest BCUT2D eigenvalue weighted by Crippen LogP contribution is -2.32. The van der Waals surface area contributed by atoms with Gasteiger partial charge in [0.25, 0.3) is 5.56 Å². The molecule has 8 nitrogen and oxygen atoms in total. The molecule has 4 rings (SSSR count). The minimum absolute atomic E-state index is 0.114. The summed E-state index contributed by atoms with van der Waals surface area (Å²) in [4.78, 5) is 25.1. The van der Waals surface area contributed by atoms with Crippen LogP contribution in [0.4, 0.5) is 0 Å². The number of nitrogens with one attached hydrogen (secondary N) is 1. The van der Waals surface area contributed by atoms with E-state index in [2.05, 4.69) is 10.4 Å². The molecule has 32 heavy (non-hydrogen) atoms. The van der Waals surface area contributed by atoms with E-state index in [0.717, 1.165) is 16.9 Å². The van der Waals surface area contributed by atoms with E-state index in [9.17, 15) is 9.59 Å². The Morgan fingerprint density at radius 2 is 1.75 bits per heavy atom. The third kappa shape index (κ3) is 4.64. The molecule has 0 unspecified atom stereocenters. The van der Waals surface area contributed by atoms with Crippen molar-refractivity contribution in [3.63, 3.8) is 0 Å². The van der Waals surface area contributed by atoms with E-state index in [4.69, 9.17) is 9.47 Å². The third-order valence-corrected chi connectivity index (χ3v) is 5.14. The van der Waals surface area contributed by atoms with Crippen molar-refractivity contribution in [3.8, 4) is 22.8 Å². The Balaban J connectivity index is 1.42. The van der Waals surface area contributed by atoms with Gasteiger partial charge in [0, 0.05) is 31.0 Å². The third-order valence-electron chi connectivity index (χ3n) is 5.14. The molecule has 0 aliphatic carbocycles. The van der Waals surface area contributed by atoms with Crippen LogP contribution in [0.5, 0.6) is 11.5 Å². The van der Waals surface area contributed by atoms with Gasteiger partial charge in [-0.2, -0.15) is 5.10 Å². The number of hydrogen-bond donors (Lipinski definition) is 1. The van der Waals surface area contributed by atoms with Gasteiger partial charge >= 0.3 is 0 Å². The van der Waals surface area contributed by atoms with Gasteiger partial charge in [0.1, 0.15) is 17.0 Å². The van der Waals surface area contributed by atoms with Gasteiger partial charge in [-0.25, -0.2) is 4.52 Å². The second-order valence-corrected chi connectivity index (χ2v) is 7.27. The van der Waals surface area contributed by atoms with E-state index in [1.165, 1.54) is 0 Å². The smallest absolute Gasteiger partial charge is 0.276 e. The molecular weight excluding hydrogens is 408 g/mol. The van der Waals surface area contributed by atoms with Crippen LogP contribution in [-0.4, -0.2) is 40.9 Å². The Labute approximate surface area is 185 Å². The van der Waals surface area contributed by atoms with Gasteiger partial charge in [-0.15, -0.1) is 0 Å². The number of benzene rings is 2. The molecule has 0 radical (unpaired) electrons. The molecule has 1 N–H and O–H groups in total. The number of ether oxygens (including phenoxy) is 2. The highest BCUT2D eigenvalue weighted by Crippen LogP contribution is 2.23. The molecule has 4 aromatic rings. The van der Waals surface area contributed by atoms with Gasteiger partial charge in [-0.05, 0) is 35.9 Å². The lowest BCUT2D eigenvalue weighted by molar-refractivity contribution is -0.120. The van der Waals surface area contributed by atoms with Gasteiger partial charge < -0.3 is 19.4 Å². The second-order valence-electron chi connectivity index (χ2n) is 7.27. The molecule has 164 valence electrons. The number of nitrogens with zero attached hydrogens (tertiary/aromatic N) is 3. The Morgan fingerprint density at radius 3 is 2.53 bits per heavy atom. The molecule has 0 fully saturated rings. The fraction of sp³-hybridized carbons (Fsp3) is 0.208. The standard InChI is InChI=1S/C24H24N4O4/c1-31-19-7-3-5-17(13-19)14-23(29)25-9-10-27-11-12-28-22(24(27)30)16-21(26-28)18-6-4-8-20(15-18)32-2/h3-8,11-13,15-16H,9-10,14H2,1-2H3,(H,25,29). The first-order valence-corrected chi connectivity index (χ1v) is 10.2. The second kappa shape index (κ2) is 9.38. The van der Waals surface area contributed by atoms with Crippen molar-refractivity contribution >= 4 is 11.4 Å². The Kier molecular flexibility index (Phi) is 6.21. The molecule has 2 aromatic carbocycles. The van der Waals surface area contributed by atoms with Crippen LogP contribution in [0.15, 0.2) is 71.8 Å². The average molecular weight is 432 g/mol. The van der Waals surface area contributed by atoms with Gasteiger partial charge in [-0.3, -0.25) is 9.59 Å². The van der Waals surface area contributed by atoms with E-state index in [1.807, 2.05) is 48.5 Å². The van der Waals surface area contributed by atoms with Crippen LogP contribution in [-0.2, 0) is 17.8 Å². The zero-order valence-electron chi connectivity index (χ0n) is 17.9. The fourth-order valence-corrected chi connectivity index (χ4v) is 3.47. The van der Waals surface area contributed by atoms with Crippen LogP contribution in [0.1, 0.15) is 5.56 Å². The summed E-state index contributed by atoms with van der Waals surface area (Å²) >= 11 is 0. The molecule has 0 atom stereocenters. The minimum Gasteiger partial charge on any atom is -0.497 e. The lowest BCUT2D eigenvalue weighted by atomic mass is 10.1. The van der Waals surface area contributed by atoms with Crippen molar-refractivity contribution in [2.45, 2.75) is 13.0 Å². The molecule has 0 saturated carbocycles. The van der Waals surface area contributed by atoms with Crippen molar-refractivity contribution < 1.29 is 14.3 Å². The Hall–Kier alpha value is -4.07. The largest absolute Gasteiger partial charge is 0.497 e. The van der Waals surface area contributed by atoms with Crippen molar-refractivity contribution in [3.05, 3.63) is 82.9 Å². The predicted octanol–water partition coefficient (Wildman–Crippen LogP) is 2.54. The number of carbonyl (C=O) groups excluding carboxylic acids is 1. The highest BCUT2D eigenvalue weighted by molar-refractivity contribution is 5.78. The number of hydrogen-bond acceptors (Lipinski definition) is 5. The topological polar surface area (TPSA) is 86.9 Å². The summed E-state index contributed by atoms with van der Waals surface area (Å²) in [6.45, 7) is 0.703. The maximum absolute atomic E-state index is 12.9. The summed E-state index contributed by atoms with van der Waals surface area (Å²) in [5.74, 6) is 1.32. The number of aromatic nitrogens is 3. The molecule has 2 aromatic heterocycles. The van der Waals surface area contributed by atoms with Crippen LogP contribution in [0.2, 0.25) is 0 Å². The van der Waals surface area contributed by atoms with E-state index in [-0.39, 0.29) is 17.9 Å². The molecule has 2 heterocycles. The minimum atomic E-state index is -0.170. The van der Waals surface area contributed by atoms with E-state index in [0.29, 0.717) is 30.0 Å². The van der Waals surface area contributed by atoms with Crippen LogP contribution in [0.3, 0.4) is 0 Å². The molecule has 8 heteroatoms. The first-order chi connectivity index (χ1) is 15.6. The number of methoxy groups -OCH3 is 2. The molecule has 0 aliphatic rings. The zero-order valence-corrected chi connectivity index (χ0v) is 17.9. The first kappa shape index (κ1) is 21.2. The molecular formula is C24H24N4O4. The quantitative estimate of drug-likeness (QED) is 0.462. The van der Waals surface area contributed by atoms with Crippen LogP contribution >= 0.6 is 0 Å². The van der Waals surface area contributed by atoms with Crippen molar-refractivity contribution in [2.24, 2.45) is 0 Å². The maximum Gasteiger partial charge on any atom is 0.276 e. The van der Waals surface area contributed by atoms with Gasteiger partial charge in [0.05, 0.1) is 26.3 Å². The highest BCUT2D eigenvalue weighted by atomic mass is 16.5. The first-order valence-electron chi connectivity index (χ1n) is 10.2. The van der Waals surface area contributed by atoms with E-state index in [1.54, 1.807) is 41.8 Å². The van der Waals surface area contributed by atoms with Crippen LogP contribution in [0, 0.1) is 0 Å². The SMILES string of the molecule is COc1cccc(CC(=O)NCCn2ccn3nc(-c4cccc(OC)c4)cc3c2=O)c1. The highest BCUT2D eigenvalue weighted by Gasteiger charge is 2.10. The number of rotatable bonds is 8. The fourth-order valence-electron chi connectivity index (χ4n) is 3.47. The molecule has 0 bridgehead atoms. The van der Waals surface area contributed by atoms with Gasteiger partial charge in [-0.1, -0.05) is 24.3 Å². The van der Waals surface area contributed by atoms with Crippen LogP contribution in [0.25, 0.3) is 16.8 Å². The Bertz CT molecular complexity index is 1310. The monoisotopic (exact) mass is 432 g/mol. The predicted molar refractivity (Wildman–Crippen MR) is 121 cm³/mol. The van der Waals surface area contributed by atoms with Crippen molar-refractivity contribution in [1.82, 2.24) is 19.5 Å². The molecule has 0 saturated heterocycles. The lowest BCUT2D eigenvalue weighted by Gasteiger charge is -2.08. The summed E-state index contributed by atoms with van der Waals surface area (Å²) in [6.07, 6.45) is 3.65. The molecule has 1 amide bonds. The van der Waals surface area contributed by atoms with Crippen molar-refractivity contribution in [1.29, 1.82) is 0 Å². The van der Waals surface area contributed by atoms with E-state index < -0.39 is 0 Å². The van der Waals surface area contributed by atoms with Gasteiger partial charge in [0.15, 0.2) is 0 Å². The number of carbonyl (C=O) groups is 1. The van der Waals surface area contributed by atoms with Crippen LogP contribution < -0.4 is 20.3 Å². The number of fused-ring (bicyclic) bond motifs is 1. The summed E-state index contributed by atoms with van der Waals surface area (Å²) in [5.41, 5.74) is 2.71. The zero-order chi connectivity index (χ0) is 22.5. The number of amides is 1. The van der Waals surface area contributed by atoms with E-state index >= 15 is 0 Å². The Morgan fingerprint density at radius 1 is 1.00 bits per heavy atom. The summed E-state index contributed by atoms with van der Waals surface area (Å²) in [5, 5.41) is 7.36. The molecule has 0 spiro atoms.